The zero-order valence-electron chi connectivity index (χ0n) is 10.4. The highest BCUT2D eigenvalue weighted by Gasteiger charge is 2.44. The van der Waals surface area contributed by atoms with Crippen LogP contribution in [0.3, 0.4) is 0 Å². The van der Waals surface area contributed by atoms with Crippen molar-refractivity contribution < 1.29 is 13.3 Å². The lowest BCUT2D eigenvalue weighted by atomic mass is 10.5. The summed E-state index contributed by atoms with van der Waals surface area (Å²) in [5.74, 6) is 0. The second-order valence-corrected chi connectivity index (χ2v) is 5.16. The lowest BCUT2D eigenvalue weighted by Crippen LogP contribution is -2.39. The topological polar surface area (TPSA) is 106 Å². The summed E-state index contributed by atoms with van der Waals surface area (Å²) in [6, 6.07) is 0.0532. The van der Waals surface area contributed by atoms with Gasteiger partial charge in [-0.25, -0.2) is 0 Å². The van der Waals surface area contributed by atoms with Crippen molar-refractivity contribution in [3.63, 3.8) is 0 Å². The van der Waals surface area contributed by atoms with Crippen LogP contribution in [0.4, 0.5) is 0 Å². The van der Waals surface area contributed by atoms with E-state index in [0.29, 0.717) is 19.8 Å². The Labute approximate surface area is 99.4 Å². The first-order valence-corrected chi connectivity index (χ1v) is 7.07. The minimum absolute atomic E-state index is 0.0532. The molecule has 1 aliphatic rings. The third kappa shape index (κ3) is 7.28. The molecule has 0 aromatic carbocycles. The standard InChI is InChI=1S/C6H16O3Si.C3H9N3/c1-4-7-10(8-5-2)9-6-3;4-2-1-3(2,5)6/h10H,4-6H2,1-3H3;2H,1,4-6H2. The third-order valence-corrected chi connectivity index (χ3v) is 3.83. The summed E-state index contributed by atoms with van der Waals surface area (Å²) >= 11 is 0. The Balaban J connectivity index is 0.000000315. The molecule has 0 aliphatic heterocycles. The Hall–Kier alpha value is -0.0231. The van der Waals surface area contributed by atoms with Crippen molar-refractivity contribution in [3.8, 4) is 0 Å². The molecule has 1 rings (SSSR count). The van der Waals surface area contributed by atoms with E-state index in [-0.39, 0.29) is 6.04 Å². The Morgan fingerprint density at radius 3 is 1.44 bits per heavy atom. The fourth-order valence-electron chi connectivity index (χ4n) is 0.875. The monoisotopic (exact) mass is 251 g/mol. The van der Waals surface area contributed by atoms with E-state index < -0.39 is 15.2 Å². The minimum atomic E-state index is -1.73. The number of rotatable bonds is 6. The quantitative estimate of drug-likeness (QED) is 0.419. The Kier molecular flexibility index (Phi) is 8.11. The van der Waals surface area contributed by atoms with Gasteiger partial charge in [-0.15, -0.1) is 0 Å². The molecule has 1 unspecified atom stereocenters. The molecule has 0 aromatic rings. The Morgan fingerprint density at radius 2 is 1.31 bits per heavy atom. The second-order valence-electron chi connectivity index (χ2n) is 3.58. The third-order valence-electron chi connectivity index (χ3n) is 2.01. The molecule has 0 amide bonds. The van der Waals surface area contributed by atoms with Crippen LogP contribution in [0, 0.1) is 0 Å². The van der Waals surface area contributed by atoms with Crippen LogP contribution in [0.2, 0.25) is 0 Å². The van der Waals surface area contributed by atoms with E-state index in [0.717, 1.165) is 6.42 Å². The van der Waals surface area contributed by atoms with E-state index in [4.69, 9.17) is 30.5 Å². The van der Waals surface area contributed by atoms with E-state index in [2.05, 4.69) is 0 Å². The fourth-order valence-corrected chi connectivity index (χ4v) is 1.98. The summed E-state index contributed by atoms with van der Waals surface area (Å²) in [6.45, 7) is 7.86. The second kappa shape index (κ2) is 8.12. The largest absolute Gasteiger partial charge is 0.484 e. The summed E-state index contributed by atoms with van der Waals surface area (Å²) in [5.41, 5.74) is 15.3. The molecule has 1 saturated carbocycles. The van der Waals surface area contributed by atoms with E-state index in [1.54, 1.807) is 0 Å². The maximum Gasteiger partial charge on any atom is 0.484 e. The van der Waals surface area contributed by atoms with E-state index in [1.165, 1.54) is 0 Å². The summed E-state index contributed by atoms with van der Waals surface area (Å²) in [4.78, 5) is 0. The first kappa shape index (κ1) is 16.0. The van der Waals surface area contributed by atoms with Gasteiger partial charge in [-0.05, 0) is 27.2 Å². The SMILES string of the molecule is CCO[SiH](OCC)OCC.NC1CC1(N)N. The molecular formula is C9H25N3O3Si. The first-order chi connectivity index (χ1) is 7.47. The van der Waals surface area contributed by atoms with Gasteiger partial charge in [0, 0.05) is 25.9 Å². The van der Waals surface area contributed by atoms with Crippen LogP contribution in [0.1, 0.15) is 27.2 Å². The maximum absolute atomic E-state index is 5.26. The van der Waals surface area contributed by atoms with Gasteiger partial charge in [-0.1, -0.05) is 0 Å². The molecule has 1 atom stereocenters. The average molecular weight is 251 g/mol. The minimum Gasteiger partial charge on any atom is -0.376 e. The highest BCUT2D eigenvalue weighted by Crippen LogP contribution is 2.23. The normalized spacial score (nSPS) is 21.6. The highest BCUT2D eigenvalue weighted by molar-refractivity contribution is 6.36. The molecule has 98 valence electrons. The van der Waals surface area contributed by atoms with Crippen molar-refractivity contribution in [2.75, 3.05) is 19.8 Å². The zero-order valence-corrected chi connectivity index (χ0v) is 11.6. The van der Waals surface area contributed by atoms with Crippen molar-refractivity contribution >= 4 is 9.53 Å². The molecule has 6 nitrogen and oxygen atoms in total. The van der Waals surface area contributed by atoms with Gasteiger partial charge < -0.3 is 30.5 Å². The van der Waals surface area contributed by atoms with Crippen LogP contribution in [0.25, 0.3) is 0 Å². The van der Waals surface area contributed by atoms with Gasteiger partial charge >= 0.3 is 9.53 Å². The Bertz CT molecular complexity index is 169. The predicted molar refractivity (Wildman–Crippen MR) is 65.7 cm³/mol. The molecule has 0 heterocycles. The summed E-state index contributed by atoms with van der Waals surface area (Å²) in [7, 11) is -1.73. The van der Waals surface area contributed by atoms with Gasteiger partial charge in [-0.2, -0.15) is 0 Å². The van der Waals surface area contributed by atoms with Gasteiger partial charge in [-0.3, -0.25) is 0 Å². The fraction of sp³-hybridized carbons (Fsp3) is 1.00. The molecule has 1 fully saturated rings. The number of nitrogens with two attached hydrogens (primary N) is 3. The molecular weight excluding hydrogens is 226 g/mol. The van der Waals surface area contributed by atoms with Crippen molar-refractivity contribution in [3.05, 3.63) is 0 Å². The van der Waals surface area contributed by atoms with Crippen LogP contribution in [-0.4, -0.2) is 41.1 Å². The van der Waals surface area contributed by atoms with Crippen molar-refractivity contribution in [1.29, 1.82) is 0 Å². The molecule has 6 N–H and O–H groups in total. The number of hydrogen-bond acceptors (Lipinski definition) is 6. The van der Waals surface area contributed by atoms with Gasteiger partial charge in [0.15, 0.2) is 0 Å². The van der Waals surface area contributed by atoms with Crippen LogP contribution in [0.15, 0.2) is 0 Å². The van der Waals surface area contributed by atoms with Gasteiger partial charge in [0.05, 0.1) is 5.66 Å². The molecule has 1 aliphatic carbocycles. The van der Waals surface area contributed by atoms with Crippen molar-refractivity contribution in [1.82, 2.24) is 0 Å². The van der Waals surface area contributed by atoms with Gasteiger partial charge in [0.2, 0.25) is 0 Å². The van der Waals surface area contributed by atoms with Gasteiger partial charge in [0.25, 0.3) is 0 Å². The van der Waals surface area contributed by atoms with Crippen molar-refractivity contribution in [2.45, 2.75) is 38.9 Å². The zero-order chi connectivity index (χ0) is 12.6. The highest BCUT2D eigenvalue weighted by atomic mass is 28.3. The summed E-state index contributed by atoms with van der Waals surface area (Å²) in [5, 5.41) is 0. The summed E-state index contributed by atoms with van der Waals surface area (Å²) < 4.78 is 15.7. The smallest absolute Gasteiger partial charge is 0.376 e. The molecule has 7 heteroatoms. The molecule has 16 heavy (non-hydrogen) atoms. The predicted octanol–water partition coefficient (Wildman–Crippen LogP) is -0.856. The number of hydrogen-bond donors (Lipinski definition) is 3. The van der Waals surface area contributed by atoms with E-state index in [9.17, 15) is 0 Å². The van der Waals surface area contributed by atoms with Crippen LogP contribution in [-0.2, 0) is 13.3 Å². The molecule has 0 aromatic heterocycles. The first-order valence-electron chi connectivity index (χ1n) is 5.66. The molecule has 0 saturated heterocycles. The maximum atomic E-state index is 5.26. The lowest BCUT2D eigenvalue weighted by molar-refractivity contribution is 0.107. The van der Waals surface area contributed by atoms with Crippen molar-refractivity contribution in [2.24, 2.45) is 17.2 Å². The molecule has 0 bridgehead atoms. The van der Waals surface area contributed by atoms with Gasteiger partial charge in [0.1, 0.15) is 0 Å². The Morgan fingerprint density at radius 1 is 1.06 bits per heavy atom. The average Bonchev–Trinajstić information content (AvgIpc) is 2.73. The van der Waals surface area contributed by atoms with Crippen LogP contribution < -0.4 is 17.2 Å². The van der Waals surface area contributed by atoms with Crippen LogP contribution >= 0.6 is 0 Å². The lowest BCUT2D eigenvalue weighted by Gasteiger charge is -2.12. The molecule has 0 spiro atoms. The van der Waals surface area contributed by atoms with Crippen LogP contribution in [0.5, 0.6) is 0 Å². The summed E-state index contributed by atoms with van der Waals surface area (Å²) in [6.07, 6.45) is 0.771. The van der Waals surface area contributed by atoms with E-state index in [1.807, 2.05) is 20.8 Å². The van der Waals surface area contributed by atoms with E-state index >= 15 is 0 Å². The molecule has 0 radical (unpaired) electrons.